The fraction of sp³-hybridized carbons (Fsp3) is 0.300. The number of nitrogens with one attached hydrogen (secondary N) is 1. The summed E-state index contributed by atoms with van der Waals surface area (Å²) in [5, 5.41) is 7.35. The number of benzene rings is 3. The molecule has 190 valence electrons. The van der Waals surface area contributed by atoms with Gasteiger partial charge in [-0.2, -0.15) is 4.98 Å². The van der Waals surface area contributed by atoms with Gasteiger partial charge >= 0.3 is 0 Å². The molecular formula is C30H33N5O2. The van der Waals surface area contributed by atoms with Crippen LogP contribution in [0.25, 0.3) is 22.5 Å². The first-order valence-electron chi connectivity index (χ1n) is 12.8. The largest absolute Gasteiger partial charge is 0.337 e. The van der Waals surface area contributed by atoms with Crippen LogP contribution in [-0.4, -0.2) is 58.1 Å². The van der Waals surface area contributed by atoms with E-state index in [1.807, 2.05) is 73.7 Å². The average molecular weight is 496 g/mol. The van der Waals surface area contributed by atoms with Gasteiger partial charge in [-0.25, -0.2) is 0 Å². The molecule has 1 N–H and O–H groups in total. The second kappa shape index (κ2) is 11.1. The topological polar surface area (TPSA) is 74.5 Å². The molecule has 5 rings (SSSR count). The summed E-state index contributed by atoms with van der Waals surface area (Å²) in [5.41, 5.74) is 5.08. The molecule has 0 aliphatic carbocycles. The molecule has 2 atom stereocenters. The number of amides is 1. The van der Waals surface area contributed by atoms with E-state index in [1.54, 1.807) is 0 Å². The number of hydrogen-bond acceptors (Lipinski definition) is 6. The van der Waals surface area contributed by atoms with E-state index in [-0.39, 0.29) is 18.0 Å². The van der Waals surface area contributed by atoms with Gasteiger partial charge in [0.15, 0.2) is 0 Å². The molecule has 0 bridgehead atoms. The predicted molar refractivity (Wildman–Crippen MR) is 146 cm³/mol. The highest BCUT2D eigenvalue weighted by atomic mass is 16.5. The SMILES string of the molecule is Cc1ccc(-c2noc(C(C)N3CCN(C(C)C(=O)Nc4ccccc4-c4ccccc4)CC3)n2)cc1. The van der Waals surface area contributed by atoms with Gasteiger partial charge in [-0.1, -0.05) is 83.5 Å². The van der Waals surface area contributed by atoms with Crippen molar-refractivity contribution in [2.24, 2.45) is 0 Å². The molecule has 2 unspecified atom stereocenters. The highest BCUT2D eigenvalue weighted by molar-refractivity contribution is 5.98. The van der Waals surface area contributed by atoms with Crippen LogP contribution >= 0.6 is 0 Å². The zero-order chi connectivity index (χ0) is 25.8. The molecule has 0 radical (unpaired) electrons. The Morgan fingerprint density at radius 3 is 2.22 bits per heavy atom. The maximum Gasteiger partial charge on any atom is 0.244 e. The Kier molecular flexibility index (Phi) is 7.44. The second-order valence-corrected chi connectivity index (χ2v) is 9.65. The van der Waals surface area contributed by atoms with Gasteiger partial charge in [0.25, 0.3) is 0 Å². The van der Waals surface area contributed by atoms with Crippen molar-refractivity contribution in [3.63, 3.8) is 0 Å². The van der Waals surface area contributed by atoms with Crippen molar-refractivity contribution in [1.82, 2.24) is 19.9 Å². The number of rotatable bonds is 7. The van der Waals surface area contributed by atoms with Crippen LogP contribution in [0.2, 0.25) is 0 Å². The third-order valence-electron chi connectivity index (χ3n) is 7.20. The molecular weight excluding hydrogens is 462 g/mol. The van der Waals surface area contributed by atoms with Gasteiger partial charge in [-0.3, -0.25) is 14.6 Å². The lowest BCUT2D eigenvalue weighted by molar-refractivity contribution is -0.121. The van der Waals surface area contributed by atoms with Crippen molar-refractivity contribution < 1.29 is 9.32 Å². The Bertz CT molecular complexity index is 1330. The fourth-order valence-corrected chi connectivity index (χ4v) is 4.76. The Hall–Kier alpha value is -3.81. The molecule has 1 aliphatic heterocycles. The monoisotopic (exact) mass is 495 g/mol. The summed E-state index contributed by atoms with van der Waals surface area (Å²) in [4.78, 5) is 22.4. The van der Waals surface area contributed by atoms with E-state index in [0.29, 0.717) is 11.7 Å². The average Bonchev–Trinajstić information content (AvgIpc) is 3.44. The molecule has 1 fully saturated rings. The summed E-state index contributed by atoms with van der Waals surface area (Å²) in [6.45, 7) is 9.35. The third kappa shape index (κ3) is 5.63. The first-order chi connectivity index (χ1) is 18.0. The molecule has 3 aromatic carbocycles. The minimum atomic E-state index is -0.238. The van der Waals surface area contributed by atoms with Gasteiger partial charge in [-0.05, 0) is 32.4 Å². The molecule has 2 heterocycles. The fourth-order valence-electron chi connectivity index (χ4n) is 4.76. The summed E-state index contributed by atoms with van der Waals surface area (Å²) >= 11 is 0. The lowest BCUT2D eigenvalue weighted by atomic mass is 10.0. The van der Waals surface area contributed by atoms with Crippen molar-refractivity contribution in [1.29, 1.82) is 0 Å². The Morgan fingerprint density at radius 1 is 0.838 bits per heavy atom. The van der Waals surface area contributed by atoms with E-state index in [9.17, 15) is 4.79 Å². The maximum absolute atomic E-state index is 13.2. The molecule has 37 heavy (non-hydrogen) atoms. The van der Waals surface area contributed by atoms with Crippen molar-refractivity contribution in [2.75, 3.05) is 31.5 Å². The lowest BCUT2D eigenvalue weighted by Gasteiger charge is -2.39. The van der Waals surface area contributed by atoms with Gasteiger partial charge in [0.1, 0.15) is 0 Å². The van der Waals surface area contributed by atoms with E-state index >= 15 is 0 Å². The molecule has 7 nitrogen and oxygen atoms in total. The number of carbonyl (C=O) groups is 1. The highest BCUT2D eigenvalue weighted by Gasteiger charge is 2.30. The number of aromatic nitrogens is 2. The second-order valence-electron chi connectivity index (χ2n) is 9.65. The standard InChI is InChI=1S/C30H33N5O2/c1-21-13-15-25(16-14-21)28-32-30(37-33-28)23(3)35-19-17-34(18-20-35)22(2)29(36)31-27-12-8-7-11-26(27)24-9-5-4-6-10-24/h4-16,22-23H,17-20H2,1-3H3,(H,31,36). The molecule has 1 aliphatic rings. The van der Waals surface area contributed by atoms with Gasteiger partial charge in [0.2, 0.25) is 17.6 Å². The van der Waals surface area contributed by atoms with E-state index in [1.165, 1.54) is 5.56 Å². The zero-order valence-corrected chi connectivity index (χ0v) is 21.6. The van der Waals surface area contributed by atoms with Crippen molar-refractivity contribution >= 4 is 11.6 Å². The molecule has 4 aromatic rings. The van der Waals surface area contributed by atoms with Gasteiger partial charge in [0.05, 0.1) is 12.1 Å². The molecule has 1 aromatic heterocycles. The lowest BCUT2D eigenvalue weighted by Crippen LogP contribution is -2.53. The van der Waals surface area contributed by atoms with Crippen LogP contribution in [0.1, 0.15) is 31.3 Å². The Labute approximate surface area is 218 Å². The number of aryl methyl sites for hydroxylation is 1. The summed E-state index contributed by atoms with van der Waals surface area (Å²) in [6.07, 6.45) is 0. The van der Waals surface area contributed by atoms with Crippen LogP contribution in [0.4, 0.5) is 5.69 Å². The molecule has 7 heteroatoms. The van der Waals surface area contributed by atoms with E-state index in [0.717, 1.165) is 48.6 Å². The number of hydrogen-bond donors (Lipinski definition) is 1. The van der Waals surface area contributed by atoms with Crippen LogP contribution in [0.5, 0.6) is 0 Å². The Morgan fingerprint density at radius 2 is 1.49 bits per heavy atom. The molecule has 1 amide bonds. The van der Waals surface area contributed by atoms with Crippen LogP contribution in [-0.2, 0) is 4.79 Å². The zero-order valence-electron chi connectivity index (χ0n) is 21.6. The van der Waals surface area contributed by atoms with Crippen molar-refractivity contribution in [2.45, 2.75) is 32.9 Å². The Balaban J connectivity index is 1.18. The minimum Gasteiger partial charge on any atom is -0.337 e. The number of carbonyl (C=O) groups excluding carboxylic acids is 1. The number of nitrogens with zero attached hydrogens (tertiary/aromatic N) is 4. The van der Waals surface area contributed by atoms with Gasteiger partial charge in [-0.15, -0.1) is 0 Å². The quantitative estimate of drug-likeness (QED) is 0.369. The van der Waals surface area contributed by atoms with E-state index in [2.05, 4.69) is 51.2 Å². The summed E-state index contributed by atoms with van der Waals surface area (Å²) in [5.74, 6) is 1.23. The van der Waals surface area contributed by atoms with Crippen LogP contribution < -0.4 is 5.32 Å². The predicted octanol–water partition coefficient (Wildman–Crippen LogP) is 5.42. The van der Waals surface area contributed by atoms with Crippen LogP contribution in [0, 0.1) is 6.92 Å². The maximum atomic E-state index is 13.2. The van der Waals surface area contributed by atoms with E-state index < -0.39 is 0 Å². The summed E-state index contributed by atoms with van der Waals surface area (Å²) in [7, 11) is 0. The smallest absolute Gasteiger partial charge is 0.244 e. The van der Waals surface area contributed by atoms with Crippen molar-refractivity contribution in [3.05, 3.63) is 90.3 Å². The van der Waals surface area contributed by atoms with Crippen molar-refractivity contribution in [3.8, 4) is 22.5 Å². The first-order valence-corrected chi connectivity index (χ1v) is 12.8. The minimum absolute atomic E-state index is 0.00419. The first kappa shape index (κ1) is 24.9. The van der Waals surface area contributed by atoms with Gasteiger partial charge in [0, 0.05) is 43.0 Å². The number of piperazine rings is 1. The summed E-state index contributed by atoms with van der Waals surface area (Å²) < 4.78 is 5.61. The molecule has 0 spiro atoms. The summed E-state index contributed by atoms with van der Waals surface area (Å²) in [6, 6.07) is 26.0. The van der Waals surface area contributed by atoms with Crippen LogP contribution in [0.3, 0.4) is 0 Å². The number of para-hydroxylation sites is 1. The normalized spacial score (nSPS) is 16.3. The van der Waals surface area contributed by atoms with E-state index in [4.69, 9.17) is 4.52 Å². The van der Waals surface area contributed by atoms with Gasteiger partial charge < -0.3 is 9.84 Å². The number of anilines is 1. The third-order valence-corrected chi connectivity index (χ3v) is 7.20. The van der Waals surface area contributed by atoms with Crippen LogP contribution in [0.15, 0.2) is 83.4 Å². The molecule has 0 saturated carbocycles. The highest BCUT2D eigenvalue weighted by Crippen LogP contribution is 2.28. The molecule has 1 saturated heterocycles.